The van der Waals surface area contributed by atoms with Crippen molar-refractivity contribution in [2.45, 2.75) is 25.9 Å². The molecule has 1 aromatic rings. The highest BCUT2D eigenvalue weighted by atomic mass is 16.4. The maximum atomic E-state index is 11.6. The number of anilines is 1. The number of carbonyl (C=O) groups excluding carboxylic acids is 2. The van der Waals surface area contributed by atoms with E-state index in [0.29, 0.717) is 11.3 Å². The Balaban J connectivity index is 2.50. The van der Waals surface area contributed by atoms with Crippen molar-refractivity contribution in [2.24, 2.45) is 0 Å². The molecule has 2 amide bonds. The zero-order valence-electron chi connectivity index (χ0n) is 11.8. The van der Waals surface area contributed by atoms with Crippen LogP contribution in [-0.2, 0) is 4.79 Å². The average Bonchev–Trinajstić information content (AvgIpc) is 2.36. The smallest absolute Gasteiger partial charge is 0.319 e. The minimum absolute atomic E-state index is 0.0734. The summed E-state index contributed by atoms with van der Waals surface area (Å²) in [4.78, 5) is 33.2. The molecule has 0 radical (unpaired) electrons. The first-order valence-electron chi connectivity index (χ1n) is 6.30. The van der Waals surface area contributed by atoms with Crippen molar-refractivity contribution in [1.82, 2.24) is 5.32 Å². The predicted molar refractivity (Wildman–Crippen MR) is 76.3 cm³/mol. The summed E-state index contributed by atoms with van der Waals surface area (Å²) in [5, 5.41) is 23.2. The molecule has 0 aliphatic carbocycles. The maximum Gasteiger partial charge on any atom is 0.319 e. The number of Topliss-reactive ketones (excluding diaryl/α,β-unsaturated/α-hetero) is 1. The number of aliphatic hydroxyl groups is 1. The van der Waals surface area contributed by atoms with Gasteiger partial charge < -0.3 is 20.8 Å². The molecule has 0 fully saturated rings. The number of aliphatic carboxylic acids is 1. The molecular weight excluding hydrogens is 276 g/mol. The molecule has 0 saturated carbocycles. The lowest BCUT2D eigenvalue weighted by Crippen LogP contribution is -2.43. The van der Waals surface area contributed by atoms with Crippen molar-refractivity contribution in [3.8, 4) is 0 Å². The molecule has 0 aliphatic heterocycles. The third-order valence-corrected chi connectivity index (χ3v) is 2.71. The molecule has 21 heavy (non-hydrogen) atoms. The van der Waals surface area contributed by atoms with Crippen molar-refractivity contribution in [2.75, 3.05) is 11.9 Å². The Morgan fingerprint density at radius 3 is 2.24 bits per heavy atom. The van der Waals surface area contributed by atoms with Crippen LogP contribution in [0.3, 0.4) is 0 Å². The second-order valence-electron chi connectivity index (χ2n) is 5.01. The van der Waals surface area contributed by atoms with E-state index in [1.807, 2.05) is 0 Å². The van der Waals surface area contributed by atoms with Crippen LogP contribution in [0.1, 0.15) is 30.6 Å². The van der Waals surface area contributed by atoms with Crippen LogP contribution in [0.4, 0.5) is 10.5 Å². The third-order valence-electron chi connectivity index (χ3n) is 2.71. The SMILES string of the molecule is CC(=O)c1ccc(NC(=O)NCC(C)(O)CC(=O)O)cc1. The van der Waals surface area contributed by atoms with E-state index in [2.05, 4.69) is 10.6 Å². The second-order valence-corrected chi connectivity index (χ2v) is 5.01. The summed E-state index contributed by atoms with van der Waals surface area (Å²) in [5.41, 5.74) is -0.512. The highest BCUT2D eigenvalue weighted by Crippen LogP contribution is 2.10. The summed E-state index contributed by atoms with van der Waals surface area (Å²) >= 11 is 0. The first kappa shape index (κ1) is 16.6. The van der Waals surface area contributed by atoms with Crippen LogP contribution in [0, 0.1) is 0 Å². The monoisotopic (exact) mass is 294 g/mol. The normalized spacial score (nSPS) is 13.1. The fourth-order valence-electron chi connectivity index (χ4n) is 1.62. The summed E-state index contributed by atoms with van der Waals surface area (Å²) in [7, 11) is 0. The number of rotatable bonds is 6. The third kappa shape index (κ3) is 6.05. The van der Waals surface area contributed by atoms with Crippen molar-refractivity contribution in [3.63, 3.8) is 0 Å². The van der Waals surface area contributed by atoms with Gasteiger partial charge in [0, 0.05) is 17.8 Å². The van der Waals surface area contributed by atoms with Gasteiger partial charge in [-0.25, -0.2) is 4.79 Å². The van der Waals surface area contributed by atoms with Crippen LogP contribution in [-0.4, -0.2) is 40.1 Å². The standard InChI is InChI=1S/C14H18N2O5/c1-9(17)10-3-5-11(6-4-10)16-13(20)15-8-14(2,21)7-12(18)19/h3-6,21H,7-8H2,1-2H3,(H,18,19)(H2,15,16,20). The van der Waals surface area contributed by atoms with Gasteiger partial charge in [-0.2, -0.15) is 0 Å². The van der Waals surface area contributed by atoms with Gasteiger partial charge >= 0.3 is 12.0 Å². The Bertz CT molecular complexity index is 537. The van der Waals surface area contributed by atoms with Crippen LogP contribution in [0.2, 0.25) is 0 Å². The Morgan fingerprint density at radius 1 is 1.19 bits per heavy atom. The minimum Gasteiger partial charge on any atom is -0.481 e. The minimum atomic E-state index is -1.53. The molecule has 7 nitrogen and oxygen atoms in total. The number of nitrogens with one attached hydrogen (secondary N) is 2. The van der Waals surface area contributed by atoms with Crippen LogP contribution in [0.25, 0.3) is 0 Å². The number of carboxylic acids is 1. The molecule has 114 valence electrons. The van der Waals surface area contributed by atoms with Gasteiger partial charge in [-0.05, 0) is 38.1 Å². The molecule has 0 aromatic heterocycles. The number of hydrogen-bond acceptors (Lipinski definition) is 4. The van der Waals surface area contributed by atoms with Crippen molar-refractivity contribution < 1.29 is 24.6 Å². The van der Waals surface area contributed by atoms with Gasteiger partial charge in [0.15, 0.2) is 5.78 Å². The summed E-state index contributed by atoms with van der Waals surface area (Å²) in [6, 6.07) is 5.74. The lowest BCUT2D eigenvalue weighted by Gasteiger charge is -2.21. The van der Waals surface area contributed by atoms with Gasteiger partial charge in [0.1, 0.15) is 0 Å². The van der Waals surface area contributed by atoms with Gasteiger partial charge in [-0.15, -0.1) is 0 Å². The predicted octanol–water partition coefficient (Wildman–Crippen LogP) is 1.24. The molecule has 0 heterocycles. The number of hydrogen-bond donors (Lipinski definition) is 4. The molecule has 1 rings (SSSR count). The molecule has 0 saturated heterocycles. The highest BCUT2D eigenvalue weighted by molar-refractivity contribution is 5.95. The highest BCUT2D eigenvalue weighted by Gasteiger charge is 2.24. The number of ketones is 1. The zero-order valence-corrected chi connectivity index (χ0v) is 11.8. The van der Waals surface area contributed by atoms with Crippen molar-refractivity contribution in [3.05, 3.63) is 29.8 Å². The van der Waals surface area contributed by atoms with E-state index >= 15 is 0 Å². The van der Waals surface area contributed by atoms with E-state index in [4.69, 9.17) is 5.11 Å². The van der Waals surface area contributed by atoms with Crippen LogP contribution >= 0.6 is 0 Å². The van der Waals surface area contributed by atoms with Crippen molar-refractivity contribution >= 4 is 23.5 Å². The zero-order chi connectivity index (χ0) is 16.0. The van der Waals surface area contributed by atoms with Gasteiger partial charge in [-0.1, -0.05) is 0 Å². The summed E-state index contributed by atoms with van der Waals surface area (Å²) in [6.07, 6.45) is -0.472. The molecule has 7 heteroatoms. The van der Waals surface area contributed by atoms with Gasteiger partial charge in [-0.3, -0.25) is 9.59 Å². The topological polar surface area (TPSA) is 116 Å². The Kier molecular flexibility index (Phi) is 5.43. The molecule has 1 aromatic carbocycles. The Hall–Kier alpha value is -2.41. The van der Waals surface area contributed by atoms with E-state index in [1.165, 1.54) is 13.8 Å². The van der Waals surface area contributed by atoms with E-state index < -0.39 is 24.0 Å². The van der Waals surface area contributed by atoms with Crippen LogP contribution in [0.5, 0.6) is 0 Å². The second kappa shape index (κ2) is 6.85. The van der Waals surface area contributed by atoms with E-state index in [-0.39, 0.29) is 12.3 Å². The molecule has 0 spiro atoms. The first-order chi connectivity index (χ1) is 9.69. The summed E-state index contributed by atoms with van der Waals surface area (Å²) in [6.45, 7) is 2.57. The number of carboxylic acid groups (broad SMARTS) is 1. The Labute approximate surface area is 122 Å². The van der Waals surface area contributed by atoms with Crippen LogP contribution in [0.15, 0.2) is 24.3 Å². The number of urea groups is 1. The van der Waals surface area contributed by atoms with E-state index in [0.717, 1.165) is 0 Å². The van der Waals surface area contributed by atoms with Gasteiger partial charge in [0.25, 0.3) is 0 Å². The quantitative estimate of drug-likeness (QED) is 0.589. The molecule has 4 N–H and O–H groups in total. The molecule has 0 bridgehead atoms. The van der Waals surface area contributed by atoms with Crippen molar-refractivity contribution in [1.29, 1.82) is 0 Å². The summed E-state index contributed by atoms with van der Waals surface area (Å²) < 4.78 is 0. The maximum absolute atomic E-state index is 11.6. The van der Waals surface area contributed by atoms with E-state index in [9.17, 15) is 19.5 Å². The molecule has 1 unspecified atom stereocenters. The lowest BCUT2D eigenvalue weighted by atomic mass is 10.0. The average molecular weight is 294 g/mol. The molecule has 1 atom stereocenters. The first-order valence-corrected chi connectivity index (χ1v) is 6.30. The fourth-order valence-corrected chi connectivity index (χ4v) is 1.62. The largest absolute Gasteiger partial charge is 0.481 e. The van der Waals surface area contributed by atoms with Gasteiger partial charge in [0.2, 0.25) is 0 Å². The summed E-state index contributed by atoms with van der Waals surface area (Å²) in [5.74, 6) is -1.22. The number of benzene rings is 1. The fraction of sp³-hybridized carbons (Fsp3) is 0.357. The Morgan fingerprint density at radius 2 is 1.76 bits per heavy atom. The van der Waals surface area contributed by atoms with Gasteiger partial charge in [0.05, 0.1) is 12.0 Å². The molecular formula is C14H18N2O5. The lowest BCUT2D eigenvalue weighted by molar-refractivity contribution is -0.141. The number of amides is 2. The number of carbonyl (C=O) groups is 3. The van der Waals surface area contributed by atoms with Crippen LogP contribution < -0.4 is 10.6 Å². The van der Waals surface area contributed by atoms with E-state index in [1.54, 1.807) is 24.3 Å². The molecule has 0 aliphatic rings.